The van der Waals surface area contributed by atoms with Crippen LogP contribution in [0.2, 0.25) is 0 Å². The molecule has 1 aliphatic rings. The van der Waals surface area contributed by atoms with Gasteiger partial charge >= 0.3 is 6.18 Å². The standard InChI is InChI=1S/C11H14N2O3.C5H4F3N3/c14-9-4-6-13(7-10(9)15)11(16)8-3-1-2-5-12-8;6-5(7,8)3-1-10-2-4(9)11-3/h1-3,5,9-10,14-15H,4,6-7H2;1-2H,(H2,9,11). The average Bonchev–Trinajstić information content (AvgIpc) is 2.64. The van der Waals surface area contributed by atoms with Crippen molar-refractivity contribution < 1.29 is 28.2 Å². The van der Waals surface area contributed by atoms with E-state index in [0.717, 1.165) is 6.20 Å². The van der Waals surface area contributed by atoms with Crippen LogP contribution in [-0.4, -0.2) is 61.3 Å². The molecular formula is C16H18F3N5O3. The number of hydrogen-bond acceptors (Lipinski definition) is 7. The summed E-state index contributed by atoms with van der Waals surface area (Å²) < 4.78 is 35.4. The van der Waals surface area contributed by atoms with E-state index in [4.69, 9.17) is 5.73 Å². The Hall–Kier alpha value is -2.79. The monoisotopic (exact) mass is 385 g/mol. The second kappa shape index (κ2) is 8.73. The normalized spacial score (nSPS) is 19.8. The molecule has 0 aliphatic carbocycles. The van der Waals surface area contributed by atoms with Crippen molar-refractivity contribution in [3.63, 3.8) is 0 Å². The highest BCUT2D eigenvalue weighted by Gasteiger charge is 2.33. The summed E-state index contributed by atoms with van der Waals surface area (Å²) >= 11 is 0. The number of piperidine rings is 1. The van der Waals surface area contributed by atoms with Crippen molar-refractivity contribution >= 4 is 11.7 Å². The van der Waals surface area contributed by atoms with Crippen LogP contribution >= 0.6 is 0 Å². The first-order valence-electron chi connectivity index (χ1n) is 7.89. The predicted octanol–water partition coefficient (Wildman–Crippen LogP) is 0.727. The molecule has 1 amide bonds. The van der Waals surface area contributed by atoms with Crippen LogP contribution in [0.15, 0.2) is 36.8 Å². The zero-order valence-corrected chi connectivity index (χ0v) is 14.0. The maximum atomic E-state index is 11.9. The SMILES string of the molecule is Nc1cncc(C(F)(F)F)n1.O=C(c1ccccn1)N1CCC(O)C(O)C1. The average molecular weight is 385 g/mol. The van der Waals surface area contributed by atoms with Gasteiger partial charge in [0.1, 0.15) is 11.5 Å². The van der Waals surface area contributed by atoms with Gasteiger partial charge in [0.25, 0.3) is 5.91 Å². The Bertz CT molecular complexity index is 760. The van der Waals surface area contributed by atoms with Gasteiger partial charge in [-0.1, -0.05) is 6.07 Å². The zero-order chi connectivity index (χ0) is 20.0. The summed E-state index contributed by atoms with van der Waals surface area (Å²) in [5.74, 6) is -0.439. The number of nitrogens with two attached hydrogens (primary N) is 1. The summed E-state index contributed by atoms with van der Waals surface area (Å²) in [6.07, 6.45) is -2.43. The molecule has 27 heavy (non-hydrogen) atoms. The largest absolute Gasteiger partial charge is 0.434 e. The lowest BCUT2D eigenvalue weighted by molar-refractivity contribution is -0.141. The van der Waals surface area contributed by atoms with E-state index < -0.39 is 24.1 Å². The zero-order valence-electron chi connectivity index (χ0n) is 14.0. The highest BCUT2D eigenvalue weighted by atomic mass is 19.4. The molecule has 3 rings (SSSR count). The number of rotatable bonds is 1. The Kier molecular flexibility index (Phi) is 6.64. The van der Waals surface area contributed by atoms with E-state index in [9.17, 15) is 28.2 Å². The molecule has 0 aromatic carbocycles. The van der Waals surface area contributed by atoms with Crippen LogP contribution in [0.4, 0.5) is 19.0 Å². The number of halogens is 3. The fourth-order valence-electron chi connectivity index (χ4n) is 2.27. The number of aliphatic hydroxyl groups excluding tert-OH is 2. The van der Waals surface area contributed by atoms with Crippen molar-refractivity contribution in [2.24, 2.45) is 0 Å². The fourth-order valence-corrected chi connectivity index (χ4v) is 2.27. The number of anilines is 1. The van der Waals surface area contributed by atoms with Gasteiger partial charge in [-0.25, -0.2) is 4.98 Å². The topological polar surface area (TPSA) is 125 Å². The Balaban J connectivity index is 0.000000208. The lowest BCUT2D eigenvalue weighted by atomic mass is 10.0. The van der Waals surface area contributed by atoms with E-state index >= 15 is 0 Å². The molecule has 1 aliphatic heterocycles. The molecule has 2 unspecified atom stereocenters. The number of aliphatic hydroxyl groups is 2. The maximum absolute atomic E-state index is 11.9. The molecule has 0 radical (unpaired) electrons. The summed E-state index contributed by atoms with van der Waals surface area (Å²) in [5, 5.41) is 18.8. The third kappa shape index (κ3) is 5.86. The van der Waals surface area contributed by atoms with Crippen molar-refractivity contribution in [3.8, 4) is 0 Å². The minimum Gasteiger partial charge on any atom is -0.390 e. The minimum absolute atomic E-state index is 0.163. The Labute approximate surface area is 152 Å². The molecular weight excluding hydrogens is 367 g/mol. The second-order valence-electron chi connectivity index (χ2n) is 5.72. The third-order valence-corrected chi connectivity index (χ3v) is 3.66. The minimum atomic E-state index is -4.47. The van der Waals surface area contributed by atoms with Gasteiger partial charge in [-0.15, -0.1) is 0 Å². The van der Waals surface area contributed by atoms with Crippen molar-refractivity contribution in [2.45, 2.75) is 24.8 Å². The molecule has 11 heteroatoms. The molecule has 0 saturated carbocycles. The summed E-state index contributed by atoms with van der Waals surface area (Å²) in [6.45, 7) is 0.615. The smallest absolute Gasteiger partial charge is 0.390 e. The molecule has 3 heterocycles. The van der Waals surface area contributed by atoms with Crippen LogP contribution in [-0.2, 0) is 6.18 Å². The Morgan fingerprint density at radius 1 is 1.22 bits per heavy atom. The van der Waals surface area contributed by atoms with E-state index in [1.807, 2.05) is 0 Å². The fraction of sp³-hybridized carbons (Fsp3) is 0.375. The summed E-state index contributed by atoms with van der Waals surface area (Å²) in [6, 6.07) is 5.13. The van der Waals surface area contributed by atoms with Crippen molar-refractivity contribution in [3.05, 3.63) is 48.2 Å². The molecule has 0 bridgehead atoms. The number of pyridine rings is 1. The van der Waals surface area contributed by atoms with Crippen LogP contribution in [0.3, 0.4) is 0 Å². The number of likely N-dealkylation sites (tertiary alicyclic amines) is 1. The molecule has 2 atom stereocenters. The number of alkyl halides is 3. The van der Waals surface area contributed by atoms with Gasteiger partial charge in [0.05, 0.1) is 24.6 Å². The van der Waals surface area contributed by atoms with Gasteiger partial charge in [0.2, 0.25) is 0 Å². The van der Waals surface area contributed by atoms with E-state index in [-0.39, 0.29) is 18.3 Å². The molecule has 0 spiro atoms. The summed E-state index contributed by atoms with van der Waals surface area (Å²) in [4.78, 5) is 23.7. The summed E-state index contributed by atoms with van der Waals surface area (Å²) in [7, 11) is 0. The third-order valence-electron chi connectivity index (χ3n) is 3.66. The van der Waals surface area contributed by atoms with Gasteiger partial charge in [-0.2, -0.15) is 13.2 Å². The first-order chi connectivity index (χ1) is 12.7. The van der Waals surface area contributed by atoms with E-state index in [2.05, 4.69) is 15.0 Å². The number of nitrogens with zero attached hydrogens (tertiary/aromatic N) is 4. The van der Waals surface area contributed by atoms with Crippen LogP contribution in [0.1, 0.15) is 22.6 Å². The molecule has 1 fully saturated rings. The second-order valence-corrected chi connectivity index (χ2v) is 5.72. The molecule has 1 saturated heterocycles. The highest BCUT2D eigenvalue weighted by molar-refractivity contribution is 5.92. The lowest BCUT2D eigenvalue weighted by Crippen LogP contribution is -2.49. The Morgan fingerprint density at radius 2 is 1.96 bits per heavy atom. The van der Waals surface area contributed by atoms with Crippen LogP contribution in [0.25, 0.3) is 0 Å². The van der Waals surface area contributed by atoms with Crippen molar-refractivity contribution in [2.75, 3.05) is 18.8 Å². The Morgan fingerprint density at radius 3 is 2.48 bits per heavy atom. The molecule has 2 aromatic heterocycles. The molecule has 146 valence electrons. The van der Waals surface area contributed by atoms with E-state index in [1.165, 1.54) is 4.90 Å². The van der Waals surface area contributed by atoms with Gasteiger partial charge in [-0.05, 0) is 18.6 Å². The first kappa shape index (κ1) is 20.5. The van der Waals surface area contributed by atoms with Gasteiger partial charge in [-0.3, -0.25) is 14.8 Å². The van der Waals surface area contributed by atoms with Crippen LogP contribution < -0.4 is 5.73 Å². The van der Waals surface area contributed by atoms with Gasteiger partial charge < -0.3 is 20.8 Å². The van der Waals surface area contributed by atoms with Gasteiger partial charge in [0.15, 0.2) is 5.69 Å². The summed E-state index contributed by atoms with van der Waals surface area (Å²) in [5.41, 5.74) is 4.28. The first-order valence-corrected chi connectivity index (χ1v) is 7.89. The number of hydrogen-bond donors (Lipinski definition) is 3. The van der Waals surface area contributed by atoms with Crippen molar-refractivity contribution in [1.29, 1.82) is 0 Å². The number of aromatic nitrogens is 3. The number of β-amino-alcohol motifs (C(OH)–C–C–N with tert-alkyl or cyclic N) is 1. The molecule has 2 aromatic rings. The number of amides is 1. The van der Waals surface area contributed by atoms with Crippen LogP contribution in [0, 0.1) is 0 Å². The number of carbonyl (C=O) groups excluding carboxylic acids is 1. The van der Waals surface area contributed by atoms with Gasteiger partial charge in [0, 0.05) is 19.3 Å². The van der Waals surface area contributed by atoms with E-state index in [1.54, 1.807) is 24.4 Å². The highest BCUT2D eigenvalue weighted by Crippen LogP contribution is 2.26. The lowest BCUT2D eigenvalue weighted by Gasteiger charge is -2.33. The molecule has 8 nitrogen and oxygen atoms in total. The predicted molar refractivity (Wildman–Crippen MR) is 88.2 cm³/mol. The van der Waals surface area contributed by atoms with Crippen molar-refractivity contribution in [1.82, 2.24) is 19.9 Å². The number of carbonyl (C=O) groups is 1. The number of nitrogen functional groups attached to an aromatic ring is 1. The molecule has 4 N–H and O–H groups in total. The van der Waals surface area contributed by atoms with E-state index in [0.29, 0.717) is 24.9 Å². The van der Waals surface area contributed by atoms with Crippen LogP contribution in [0.5, 0.6) is 0 Å². The maximum Gasteiger partial charge on any atom is 0.434 e. The quantitative estimate of drug-likeness (QED) is 0.661.